The first-order chi connectivity index (χ1) is 13.5. The van der Waals surface area contributed by atoms with Gasteiger partial charge in [-0.1, -0.05) is 29.3 Å². The molecule has 7 heteroatoms. The molecule has 148 valence electrons. The summed E-state index contributed by atoms with van der Waals surface area (Å²) < 4.78 is 0. The Labute approximate surface area is 179 Å². The Morgan fingerprint density at radius 1 is 1.14 bits per heavy atom. The maximum atomic E-state index is 13.3. The minimum Gasteiger partial charge on any atom is -0.338 e. The first kappa shape index (κ1) is 19.7. The lowest BCUT2D eigenvalue weighted by Crippen LogP contribution is -2.47. The Morgan fingerprint density at radius 3 is 2.64 bits per heavy atom. The first-order valence-electron chi connectivity index (χ1n) is 9.60. The number of thiophene rings is 1. The van der Waals surface area contributed by atoms with E-state index in [2.05, 4.69) is 6.07 Å². The van der Waals surface area contributed by atoms with E-state index in [0.717, 1.165) is 25.7 Å². The van der Waals surface area contributed by atoms with Crippen molar-refractivity contribution < 1.29 is 9.59 Å². The average molecular weight is 437 g/mol. The van der Waals surface area contributed by atoms with Crippen LogP contribution in [0, 0.1) is 5.92 Å². The van der Waals surface area contributed by atoms with Gasteiger partial charge in [0.25, 0.3) is 5.91 Å². The smallest absolute Gasteiger partial charge is 0.253 e. The molecule has 2 heterocycles. The van der Waals surface area contributed by atoms with E-state index in [-0.39, 0.29) is 17.7 Å². The van der Waals surface area contributed by atoms with Crippen LogP contribution in [0.5, 0.6) is 0 Å². The van der Waals surface area contributed by atoms with E-state index < -0.39 is 0 Å². The SMILES string of the molecule is O=C(c1ccc(Cl)c(Cl)c1)N1CCCC(C(=O)N(Cc2cccs2)C2CC2)C1. The maximum Gasteiger partial charge on any atom is 0.253 e. The van der Waals surface area contributed by atoms with Gasteiger partial charge in [-0.25, -0.2) is 0 Å². The van der Waals surface area contributed by atoms with Crippen molar-refractivity contribution >= 4 is 46.4 Å². The molecular weight excluding hydrogens is 415 g/mol. The highest BCUT2D eigenvalue weighted by Crippen LogP contribution is 2.32. The van der Waals surface area contributed by atoms with E-state index in [4.69, 9.17) is 23.2 Å². The molecule has 1 unspecified atom stereocenters. The third-order valence-electron chi connectivity index (χ3n) is 5.40. The predicted molar refractivity (Wildman–Crippen MR) is 113 cm³/mol. The highest BCUT2D eigenvalue weighted by molar-refractivity contribution is 7.09. The molecular formula is C21H22Cl2N2O2S. The van der Waals surface area contributed by atoms with Gasteiger partial charge in [-0.2, -0.15) is 0 Å². The van der Waals surface area contributed by atoms with E-state index in [0.29, 0.717) is 41.3 Å². The molecule has 2 aromatic rings. The Balaban J connectivity index is 1.45. The summed E-state index contributed by atoms with van der Waals surface area (Å²) in [6.45, 7) is 1.81. The first-order valence-corrected chi connectivity index (χ1v) is 11.2. The van der Waals surface area contributed by atoms with Crippen LogP contribution in [0.15, 0.2) is 35.7 Å². The fourth-order valence-electron chi connectivity index (χ4n) is 3.75. The summed E-state index contributed by atoms with van der Waals surface area (Å²) in [6.07, 6.45) is 3.82. The van der Waals surface area contributed by atoms with Gasteiger partial charge in [0.05, 0.1) is 22.5 Å². The second-order valence-electron chi connectivity index (χ2n) is 7.50. The van der Waals surface area contributed by atoms with Gasteiger partial charge in [0, 0.05) is 29.6 Å². The van der Waals surface area contributed by atoms with Crippen molar-refractivity contribution in [2.75, 3.05) is 13.1 Å². The minimum atomic E-state index is -0.138. The van der Waals surface area contributed by atoms with E-state index in [1.54, 1.807) is 34.4 Å². The Morgan fingerprint density at radius 2 is 1.96 bits per heavy atom. The molecule has 4 rings (SSSR count). The normalized spacial score (nSPS) is 19.5. The molecule has 4 nitrogen and oxygen atoms in total. The summed E-state index contributed by atoms with van der Waals surface area (Å²) in [5, 5.41) is 2.84. The number of amides is 2. The predicted octanol–water partition coefficient (Wildman–Crippen LogP) is 5.10. The minimum absolute atomic E-state index is 0.0905. The molecule has 0 spiro atoms. The van der Waals surface area contributed by atoms with Gasteiger partial charge in [-0.15, -0.1) is 11.3 Å². The summed E-state index contributed by atoms with van der Waals surface area (Å²) >= 11 is 13.7. The van der Waals surface area contributed by atoms with Crippen molar-refractivity contribution in [2.45, 2.75) is 38.3 Å². The number of carbonyl (C=O) groups excluding carboxylic acids is 2. The highest BCUT2D eigenvalue weighted by atomic mass is 35.5. The number of piperidine rings is 1. The lowest BCUT2D eigenvalue weighted by Gasteiger charge is -2.35. The van der Waals surface area contributed by atoms with Crippen LogP contribution < -0.4 is 0 Å². The molecule has 2 fully saturated rings. The van der Waals surface area contributed by atoms with Crippen molar-refractivity contribution in [1.29, 1.82) is 0 Å². The van der Waals surface area contributed by atoms with Crippen molar-refractivity contribution in [3.8, 4) is 0 Å². The van der Waals surface area contributed by atoms with Crippen LogP contribution in [0.4, 0.5) is 0 Å². The summed E-state index contributed by atoms with van der Waals surface area (Å²) in [5.41, 5.74) is 0.514. The van der Waals surface area contributed by atoms with Crippen LogP contribution in [0.2, 0.25) is 10.0 Å². The van der Waals surface area contributed by atoms with Gasteiger partial charge in [-0.05, 0) is 55.3 Å². The van der Waals surface area contributed by atoms with Crippen molar-refractivity contribution in [1.82, 2.24) is 9.80 Å². The van der Waals surface area contributed by atoms with Crippen molar-refractivity contribution in [3.05, 3.63) is 56.2 Å². The zero-order valence-electron chi connectivity index (χ0n) is 15.4. The highest BCUT2D eigenvalue weighted by Gasteiger charge is 2.38. The number of nitrogens with zero attached hydrogens (tertiary/aromatic N) is 2. The number of halogens is 2. The van der Waals surface area contributed by atoms with Gasteiger partial charge in [-0.3, -0.25) is 9.59 Å². The number of benzene rings is 1. The summed E-state index contributed by atoms with van der Waals surface area (Å²) in [5.74, 6) is -0.0455. The van der Waals surface area contributed by atoms with Crippen LogP contribution in [0.25, 0.3) is 0 Å². The third kappa shape index (κ3) is 4.37. The van der Waals surface area contributed by atoms with E-state index >= 15 is 0 Å². The molecule has 1 atom stereocenters. The number of carbonyl (C=O) groups is 2. The lowest BCUT2D eigenvalue weighted by molar-refractivity contribution is -0.138. The van der Waals surface area contributed by atoms with Crippen LogP contribution in [-0.4, -0.2) is 40.7 Å². The summed E-state index contributed by atoms with van der Waals surface area (Å²) in [4.78, 5) is 31.2. The molecule has 28 heavy (non-hydrogen) atoms. The number of likely N-dealkylation sites (tertiary alicyclic amines) is 1. The number of hydrogen-bond donors (Lipinski definition) is 0. The third-order valence-corrected chi connectivity index (χ3v) is 7.00. The molecule has 1 saturated carbocycles. The topological polar surface area (TPSA) is 40.6 Å². The van der Waals surface area contributed by atoms with Crippen LogP contribution in [0.3, 0.4) is 0 Å². The molecule has 1 aliphatic carbocycles. The zero-order valence-corrected chi connectivity index (χ0v) is 17.8. The Kier molecular flexibility index (Phi) is 5.95. The largest absolute Gasteiger partial charge is 0.338 e. The molecule has 2 aliphatic rings. The fraction of sp³-hybridized carbons (Fsp3) is 0.429. The van der Waals surface area contributed by atoms with E-state index in [9.17, 15) is 9.59 Å². The molecule has 1 aromatic carbocycles. The quantitative estimate of drug-likeness (QED) is 0.653. The van der Waals surface area contributed by atoms with E-state index in [1.165, 1.54) is 4.88 Å². The molecule has 0 N–H and O–H groups in total. The van der Waals surface area contributed by atoms with Gasteiger partial charge < -0.3 is 9.80 Å². The van der Waals surface area contributed by atoms with Gasteiger partial charge in [0.2, 0.25) is 5.91 Å². The summed E-state index contributed by atoms with van der Waals surface area (Å²) in [7, 11) is 0. The second kappa shape index (κ2) is 8.44. The fourth-order valence-corrected chi connectivity index (χ4v) is 4.75. The molecule has 1 saturated heterocycles. The van der Waals surface area contributed by atoms with Crippen LogP contribution >= 0.6 is 34.5 Å². The number of hydrogen-bond acceptors (Lipinski definition) is 3. The standard InChI is InChI=1S/C21H22Cl2N2O2S/c22-18-8-5-14(11-19(18)23)20(26)24-9-1-3-15(12-24)21(27)25(16-6-7-16)13-17-4-2-10-28-17/h2,4-5,8,10-11,15-16H,1,3,6-7,9,12-13H2. The van der Waals surface area contributed by atoms with Crippen molar-refractivity contribution in [2.24, 2.45) is 5.92 Å². The van der Waals surface area contributed by atoms with Gasteiger partial charge in [0.15, 0.2) is 0 Å². The van der Waals surface area contributed by atoms with Gasteiger partial charge in [0.1, 0.15) is 0 Å². The molecule has 1 aliphatic heterocycles. The maximum absolute atomic E-state index is 13.3. The molecule has 1 aromatic heterocycles. The Bertz CT molecular complexity index is 867. The Hall–Kier alpha value is -1.56. The van der Waals surface area contributed by atoms with Gasteiger partial charge >= 0.3 is 0 Å². The average Bonchev–Trinajstić information content (AvgIpc) is 3.42. The monoisotopic (exact) mass is 436 g/mol. The zero-order chi connectivity index (χ0) is 19.7. The summed E-state index contributed by atoms with van der Waals surface area (Å²) in [6, 6.07) is 9.39. The molecule has 0 radical (unpaired) electrons. The van der Waals surface area contributed by atoms with Crippen LogP contribution in [-0.2, 0) is 11.3 Å². The van der Waals surface area contributed by atoms with Crippen LogP contribution in [0.1, 0.15) is 40.9 Å². The molecule has 0 bridgehead atoms. The second-order valence-corrected chi connectivity index (χ2v) is 9.34. The van der Waals surface area contributed by atoms with E-state index in [1.807, 2.05) is 16.3 Å². The lowest BCUT2D eigenvalue weighted by atomic mass is 9.95. The van der Waals surface area contributed by atoms with Crippen molar-refractivity contribution in [3.63, 3.8) is 0 Å². The number of rotatable bonds is 5. The molecule has 2 amide bonds.